The van der Waals surface area contributed by atoms with E-state index in [1.54, 1.807) is 42.5 Å². The van der Waals surface area contributed by atoms with Gasteiger partial charge in [0.25, 0.3) is 0 Å². The van der Waals surface area contributed by atoms with Gasteiger partial charge in [-0.3, -0.25) is 19.1 Å². The highest BCUT2D eigenvalue weighted by Crippen LogP contribution is 2.42. The van der Waals surface area contributed by atoms with Crippen molar-refractivity contribution in [2.75, 3.05) is 4.90 Å². The summed E-state index contributed by atoms with van der Waals surface area (Å²) < 4.78 is 6.62. The molecule has 0 aliphatic heterocycles. The van der Waals surface area contributed by atoms with Gasteiger partial charge < -0.3 is 9.84 Å². The zero-order valence-electron chi connectivity index (χ0n) is 18.0. The molecular formula is C21H26N4O4S. The molecule has 0 bridgehead atoms. The molecule has 0 saturated heterocycles. The number of amides is 1. The summed E-state index contributed by atoms with van der Waals surface area (Å²) in [7, 11) is 0. The number of hydrogen-bond acceptors (Lipinski definition) is 6. The Bertz CT molecular complexity index is 1090. The maximum atomic E-state index is 12.9. The van der Waals surface area contributed by atoms with E-state index in [0.717, 1.165) is 17.8 Å². The lowest BCUT2D eigenvalue weighted by molar-refractivity contribution is -0.117. The first-order valence-electron chi connectivity index (χ1n) is 9.53. The van der Waals surface area contributed by atoms with Crippen LogP contribution in [0.15, 0.2) is 30.7 Å². The van der Waals surface area contributed by atoms with Crippen molar-refractivity contribution < 1.29 is 19.4 Å². The Labute approximate surface area is 179 Å². The molecule has 0 unspecified atom stereocenters. The molecule has 0 aromatic carbocycles. The Kier molecular flexibility index (Phi) is 5.60. The van der Waals surface area contributed by atoms with Crippen LogP contribution in [0.1, 0.15) is 48.0 Å². The largest absolute Gasteiger partial charge is 0.512 e. The zero-order chi connectivity index (χ0) is 22.3. The molecular weight excluding hydrogens is 404 g/mol. The van der Waals surface area contributed by atoms with Crippen molar-refractivity contribution in [3.05, 3.63) is 30.7 Å². The number of thiophene rings is 1. The van der Waals surface area contributed by atoms with Crippen molar-refractivity contribution in [2.24, 2.45) is 5.41 Å². The monoisotopic (exact) mass is 430 g/mol. The Morgan fingerprint density at radius 1 is 1.23 bits per heavy atom. The summed E-state index contributed by atoms with van der Waals surface area (Å²) in [5.41, 5.74) is 0.653. The molecule has 0 fully saturated rings. The lowest BCUT2D eigenvalue weighted by atomic mass is 9.80. The molecule has 30 heavy (non-hydrogen) atoms. The van der Waals surface area contributed by atoms with E-state index < -0.39 is 11.7 Å². The van der Waals surface area contributed by atoms with Gasteiger partial charge >= 0.3 is 6.16 Å². The molecule has 0 aliphatic carbocycles. The minimum atomic E-state index is -1.38. The summed E-state index contributed by atoms with van der Waals surface area (Å²) in [6, 6.07) is 3.33. The summed E-state index contributed by atoms with van der Waals surface area (Å²) in [4.78, 5) is 35.1. The Balaban J connectivity index is 2.22. The molecule has 0 aliphatic rings. The Morgan fingerprint density at radius 2 is 1.93 bits per heavy atom. The predicted molar refractivity (Wildman–Crippen MR) is 116 cm³/mol. The van der Waals surface area contributed by atoms with Gasteiger partial charge in [-0.15, -0.1) is 0 Å². The van der Waals surface area contributed by atoms with Gasteiger partial charge in [-0.1, -0.05) is 32.1 Å². The molecule has 3 rings (SSSR count). The van der Waals surface area contributed by atoms with Gasteiger partial charge in [0.15, 0.2) is 10.7 Å². The van der Waals surface area contributed by atoms with E-state index in [2.05, 4.69) is 25.8 Å². The van der Waals surface area contributed by atoms with Gasteiger partial charge in [0.05, 0.1) is 11.1 Å². The van der Waals surface area contributed by atoms with Crippen LogP contribution in [0.3, 0.4) is 0 Å². The topological polar surface area (TPSA) is 97.0 Å². The third-order valence-electron chi connectivity index (χ3n) is 4.50. The molecule has 1 N–H and O–H groups in total. The van der Waals surface area contributed by atoms with Crippen molar-refractivity contribution in [1.82, 2.24) is 14.4 Å². The number of carbonyl (C=O) groups is 2. The molecule has 0 saturated carbocycles. The summed E-state index contributed by atoms with van der Waals surface area (Å²) in [5, 5.41) is 9.13. The minimum Gasteiger partial charge on any atom is -0.449 e. The van der Waals surface area contributed by atoms with Crippen LogP contribution in [0, 0.1) is 5.41 Å². The van der Waals surface area contributed by atoms with E-state index >= 15 is 0 Å². The van der Waals surface area contributed by atoms with Gasteiger partial charge in [-0.25, -0.2) is 9.78 Å². The maximum Gasteiger partial charge on any atom is 0.512 e. The fraction of sp³-hybridized carbons (Fsp3) is 0.429. The third-order valence-corrected chi connectivity index (χ3v) is 5.47. The molecule has 160 valence electrons. The van der Waals surface area contributed by atoms with Crippen molar-refractivity contribution >= 4 is 34.9 Å². The molecule has 0 atom stereocenters. The van der Waals surface area contributed by atoms with Crippen LogP contribution in [0.2, 0.25) is 0 Å². The van der Waals surface area contributed by atoms with Crippen LogP contribution in [0.4, 0.5) is 10.6 Å². The van der Waals surface area contributed by atoms with Crippen LogP contribution in [0.25, 0.3) is 16.2 Å². The predicted octanol–water partition coefficient (Wildman–Crippen LogP) is 5.08. The van der Waals surface area contributed by atoms with Crippen molar-refractivity contribution in [2.45, 2.75) is 53.5 Å². The maximum absolute atomic E-state index is 12.9. The fourth-order valence-corrected chi connectivity index (χ4v) is 4.94. The highest BCUT2D eigenvalue weighted by molar-refractivity contribution is 7.17. The molecule has 3 aromatic heterocycles. The van der Waals surface area contributed by atoms with E-state index in [1.165, 1.54) is 0 Å². The SMILES string of the molecule is CC(=O)N(c1c(-c2ccc(OC(=O)O)s2)nc2cnccn12)C(C)(C)CC(C)(C)C. The Morgan fingerprint density at radius 3 is 2.53 bits per heavy atom. The number of anilines is 1. The second-order valence-corrected chi connectivity index (χ2v) is 10.0. The highest BCUT2D eigenvalue weighted by atomic mass is 32.1. The first kappa shape index (κ1) is 21.8. The number of carbonyl (C=O) groups excluding carboxylic acids is 1. The summed E-state index contributed by atoms with van der Waals surface area (Å²) in [6.45, 7) is 12.0. The first-order valence-corrected chi connectivity index (χ1v) is 10.3. The second kappa shape index (κ2) is 7.71. The normalized spacial score (nSPS) is 12.2. The lowest BCUT2D eigenvalue weighted by Gasteiger charge is -2.41. The molecule has 8 nitrogen and oxygen atoms in total. The number of carboxylic acid groups (broad SMARTS) is 1. The Hall–Kier alpha value is -2.94. The van der Waals surface area contributed by atoms with Gasteiger partial charge in [-0.05, 0) is 37.8 Å². The quantitative estimate of drug-likeness (QED) is 0.567. The number of fused-ring (bicyclic) bond motifs is 1. The summed E-state index contributed by atoms with van der Waals surface area (Å²) in [5.74, 6) is 0.514. The highest BCUT2D eigenvalue weighted by Gasteiger charge is 2.38. The van der Waals surface area contributed by atoms with E-state index in [-0.39, 0.29) is 16.4 Å². The van der Waals surface area contributed by atoms with Crippen LogP contribution in [-0.4, -0.2) is 37.1 Å². The number of imidazole rings is 1. The average molecular weight is 431 g/mol. The van der Waals surface area contributed by atoms with E-state index in [4.69, 9.17) is 14.8 Å². The molecule has 0 radical (unpaired) electrons. The molecule has 0 spiro atoms. The molecule has 1 amide bonds. The van der Waals surface area contributed by atoms with Crippen LogP contribution < -0.4 is 9.64 Å². The van der Waals surface area contributed by atoms with E-state index in [0.29, 0.717) is 22.0 Å². The number of rotatable bonds is 5. The number of ether oxygens (including phenoxy) is 1. The number of hydrogen-bond donors (Lipinski definition) is 1. The van der Waals surface area contributed by atoms with Crippen molar-refractivity contribution in [1.29, 1.82) is 0 Å². The first-order chi connectivity index (χ1) is 13.9. The molecule has 3 aromatic rings. The third kappa shape index (κ3) is 4.46. The molecule has 3 heterocycles. The van der Waals surface area contributed by atoms with Crippen LogP contribution in [-0.2, 0) is 4.79 Å². The van der Waals surface area contributed by atoms with Crippen LogP contribution >= 0.6 is 11.3 Å². The summed E-state index contributed by atoms with van der Waals surface area (Å²) in [6.07, 6.45) is 4.43. The van der Waals surface area contributed by atoms with Gasteiger partial charge in [0.2, 0.25) is 5.91 Å². The zero-order valence-corrected chi connectivity index (χ0v) is 18.8. The molecule has 9 heteroatoms. The van der Waals surface area contributed by atoms with Gasteiger partial charge in [0.1, 0.15) is 11.5 Å². The van der Waals surface area contributed by atoms with Gasteiger partial charge in [0, 0.05) is 24.9 Å². The minimum absolute atomic E-state index is 0.00909. The van der Waals surface area contributed by atoms with Crippen molar-refractivity contribution in [3.8, 4) is 15.6 Å². The summed E-state index contributed by atoms with van der Waals surface area (Å²) >= 11 is 1.16. The van der Waals surface area contributed by atoms with Gasteiger partial charge in [-0.2, -0.15) is 0 Å². The van der Waals surface area contributed by atoms with E-state index in [9.17, 15) is 9.59 Å². The standard InChI is InChI=1S/C21H26N4O4S/c1-13(26)25(21(5,6)12-20(2,3)4)18-17(23-15-11-22-9-10-24(15)18)14-7-8-16(30-14)29-19(27)28/h7-11H,12H2,1-6H3,(H,27,28). The van der Waals surface area contributed by atoms with Crippen molar-refractivity contribution in [3.63, 3.8) is 0 Å². The second-order valence-electron chi connectivity index (χ2n) is 8.98. The average Bonchev–Trinajstić information content (AvgIpc) is 3.16. The lowest BCUT2D eigenvalue weighted by Crippen LogP contribution is -2.50. The van der Waals surface area contributed by atoms with E-state index in [1.807, 2.05) is 18.2 Å². The number of nitrogens with zero attached hydrogens (tertiary/aromatic N) is 4. The number of aromatic nitrogens is 3. The fourth-order valence-electron chi connectivity index (χ4n) is 4.10. The van der Waals surface area contributed by atoms with Crippen LogP contribution in [0.5, 0.6) is 5.06 Å². The smallest absolute Gasteiger partial charge is 0.449 e.